The topological polar surface area (TPSA) is 33.1 Å². The van der Waals surface area contributed by atoms with Gasteiger partial charge in [0.1, 0.15) is 11.3 Å². The highest BCUT2D eigenvalue weighted by Crippen LogP contribution is 2.24. The van der Waals surface area contributed by atoms with Gasteiger partial charge in [0, 0.05) is 0 Å². The van der Waals surface area contributed by atoms with E-state index in [-0.39, 0.29) is 0 Å². The Labute approximate surface area is 75.5 Å². The molecule has 0 fully saturated rings. The number of pyridine rings is 1. The molecule has 1 N–H and O–H groups in total. The second kappa shape index (κ2) is 2.88. The standard InChI is InChI=1S/C9H8ClNO/c10-8-5-4-6-2-1-3-7(12)9(6)11-8/h1,3-5,7,12H,2H2. The van der Waals surface area contributed by atoms with Crippen LogP contribution in [-0.2, 0) is 6.42 Å². The Bertz CT molecular complexity index is 335. The fourth-order valence-corrected chi connectivity index (χ4v) is 1.48. The monoisotopic (exact) mass is 181 g/mol. The number of aromatic nitrogens is 1. The van der Waals surface area contributed by atoms with Gasteiger partial charge >= 0.3 is 0 Å². The van der Waals surface area contributed by atoms with Crippen LogP contribution < -0.4 is 0 Å². The van der Waals surface area contributed by atoms with Gasteiger partial charge in [0.25, 0.3) is 0 Å². The van der Waals surface area contributed by atoms with E-state index in [0.29, 0.717) is 10.8 Å². The van der Waals surface area contributed by atoms with E-state index in [1.807, 2.05) is 12.1 Å². The van der Waals surface area contributed by atoms with E-state index in [4.69, 9.17) is 11.6 Å². The summed E-state index contributed by atoms with van der Waals surface area (Å²) in [5.41, 5.74) is 1.74. The normalized spacial score (nSPS) is 20.7. The Morgan fingerprint density at radius 2 is 2.33 bits per heavy atom. The molecule has 0 aliphatic heterocycles. The maximum absolute atomic E-state index is 9.48. The van der Waals surface area contributed by atoms with Crippen molar-refractivity contribution in [3.8, 4) is 0 Å². The highest BCUT2D eigenvalue weighted by molar-refractivity contribution is 6.29. The van der Waals surface area contributed by atoms with E-state index in [1.165, 1.54) is 0 Å². The first-order valence-electron chi connectivity index (χ1n) is 3.77. The average Bonchev–Trinajstić information content (AvgIpc) is 2.07. The van der Waals surface area contributed by atoms with Crippen LogP contribution >= 0.6 is 11.6 Å². The van der Waals surface area contributed by atoms with Crippen molar-refractivity contribution < 1.29 is 5.11 Å². The van der Waals surface area contributed by atoms with Gasteiger partial charge in [-0.15, -0.1) is 0 Å². The second-order valence-corrected chi connectivity index (χ2v) is 3.14. The van der Waals surface area contributed by atoms with E-state index < -0.39 is 6.10 Å². The molecule has 1 aromatic heterocycles. The van der Waals surface area contributed by atoms with Gasteiger partial charge in [-0.3, -0.25) is 0 Å². The number of fused-ring (bicyclic) bond motifs is 1. The van der Waals surface area contributed by atoms with Crippen LogP contribution in [0.15, 0.2) is 24.3 Å². The number of halogens is 1. The lowest BCUT2D eigenvalue weighted by Gasteiger charge is -2.14. The summed E-state index contributed by atoms with van der Waals surface area (Å²) < 4.78 is 0. The lowest BCUT2D eigenvalue weighted by Crippen LogP contribution is -2.06. The number of hydrogen-bond donors (Lipinski definition) is 1. The van der Waals surface area contributed by atoms with Crippen LogP contribution in [-0.4, -0.2) is 10.1 Å². The number of allylic oxidation sites excluding steroid dienone is 1. The minimum Gasteiger partial charge on any atom is -0.383 e. The minimum atomic E-state index is -0.590. The highest BCUT2D eigenvalue weighted by Gasteiger charge is 2.14. The van der Waals surface area contributed by atoms with E-state index in [0.717, 1.165) is 12.0 Å². The van der Waals surface area contributed by atoms with Crippen molar-refractivity contribution in [1.82, 2.24) is 4.98 Å². The molecule has 1 aliphatic carbocycles. The molecule has 1 unspecified atom stereocenters. The summed E-state index contributed by atoms with van der Waals surface area (Å²) in [4.78, 5) is 4.06. The van der Waals surface area contributed by atoms with Crippen molar-refractivity contribution in [1.29, 1.82) is 0 Å². The summed E-state index contributed by atoms with van der Waals surface area (Å²) in [6, 6.07) is 3.64. The van der Waals surface area contributed by atoms with Crippen molar-refractivity contribution in [2.24, 2.45) is 0 Å². The van der Waals surface area contributed by atoms with Gasteiger partial charge in [-0.25, -0.2) is 4.98 Å². The highest BCUT2D eigenvalue weighted by atomic mass is 35.5. The first-order valence-corrected chi connectivity index (χ1v) is 4.15. The first kappa shape index (κ1) is 7.77. The van der Waals surface area contributed by atoms with Gasteiger partial charge in [0.2, 0.25) is 0 Å². The van der Waals surface area contributed by atoms with Gasteiger partial charge in [-0.05, 0) is 18.1 Å². The zero-order chi connectivity index (χ0) is 8.55. The molecule has 1 aliphatic rings. The van der Waals surface area contributed by atoms with Crippen molar-refractivity contribution in [2.75, 3.05) is 0 Å². The fourth-order valence-electron chi connectivity index (χ4n) is 1.32. The molecular formula is C9H8ClNO. The molecule has 12 heavy (non-hydrogen) atoms. The quantitative estimate of drug-likeness (QED) is 0.490. The van der Waals surface area contributed by atoms with Crippen LogP contribution in [0, 0.1) is 0 Å². The largest absolute Gasteiger partial charge is 0.383 e. The van der Waals surface area contributed by atoms with Crippen molar-refractivity contribution >= 4 is 11.6 Å². The van der Waals surface area contributed by atoms with E-state index >= 15 is 0 Å². The number of rotatable bonds is 0. The molecule has 0 bridgehead atoms. The molecular weight excluding hydrogens is 174 g/mol. The van der Waals surface area contributed by atoms with E-state index in [9.17, 15) is 5.11 Å². The molecule has 0 amide bonds. The molecule has 1 atom stereocenters. The summed E-state index contributed by atoms with van der Waals surface area (Å²) in [6.45, 7) is 0. The molecule has 3 heteroatoms. The molecule has 2 nitrogen and oxygen atoms in total. The predicted molar refractivity (Wildman–Crippen MR) is 47.1 cm³/mol. The number of aliphatic hydroxyl groups excluding tert-OH is 1. The van der Waals surface area contributed by atoms with Crippen molar-refractivity contribution in [3.05, 3.63) is 40.7 Å². The van der Waals surface area contributed by atoms with E-state index in [1.54, 1.807) is 12.1 Å². The zero-order valence-electron chi connectivity index (χ0n) is 6.37. The Kier molecular flexibility index (Phi) is 1.87. The molecule has 0 saturated carbocycles. The Hall–Kier alpha value is -0.860. The second-order valence-electron chi connectivity index (χ2n) is 2.76. The molecule has 2 rings (SSSR count). The molecule has 0 saturated heterocycles. The lowest BCUT2D eigenvalue weighted by molar-refractivity contribution is 0.220. The van der Waals surface area contributed by atoms with Gasteiger partial charge in [0.05, 0.1) is 5.69 Å². The smallest absolute Gasteiger partial charge is 0.129 e. The van der Waals surface area contributed by atoms with Crippen molar-refractivity contribution in [3.63, 3.8) is 0 Å². The van der Waals surface area contributed by atoms with Crippen LogP contribution in [0.1, 0.15) is 17.4 Å². The minimum absolute atomic E-state index is 0.433. The van der Waals surface area contributed by atoms with Gasteiger partial charge in [-0.1, -0.05) is 29.8 Å². The summed E-state index contributed by atoms with van der Waals surface area (Å²) in [5, 5.41) is 9.91. The SMILES string of the molecule is OC1C=CCc2ccc(Cl)nc21. The third-order valence-corrected chi connectivity index (χ3v) is 2.13. The molecule has 62 valence electrons. The van der Waals surface area contributed by atoms with Crippen LogP contribution in [0.4, 0.5) is 0 Å². The number of nitrogens with zero attached hydrogens (tertiary/aromatic N) is 1. The fraction of sp³-hybridized carbons (Fsp3) is 0.222. The summed E-state index contributed by atoms with van der Waals surface area (Å²) >= 11 is 5.70. The third kappa shape index (κ3) is 1.24. The zero-order valence-corrected chi connectivity index (χ0v) is 7.12. The summed E-state index contributed by atoms with van der Waals surface area (Å²) in [5.74, 6) is 0. The Morgan fingerprint density at radius 1 is 1.50 bits per heavy atom. The Morgan fingerprint density at radius 3 is 3.17 bits per heavy atom. The predicted octanol–water partition coefficient (Wildman–Crippen LogP) is 1.88. The molecule has 0 radical (unpaired) electrons. The Balaban J connectivity index is 2.52. The lowest BCUT2D eigenvalue weighted by atomic mass is 10.0. The van der Waals surface area contributed by atoms with Crippen LogP contribution in [0.2, 0.25) is 5.15 Å². The van der Waals surface area contributed by atoms with Gasteiger partial charge < -0.3 is 5.11 Å². The van der Waals surface area contributed by atoms with Gasteiger partial charge in [-0.2, -0.15) is 0 Å². The molecule has 1 aromatic rings. The molecule has 0 aromatic carbocycles. The van der Waals surface area contributed by atoms with Crippen LogP contribution in [0.3, 0.4) is 0 Å². The van der Waals surface area contributed by atoms with E-state index in [2.05, 4.69) is 4.98 Å². The first-order chi connectivity index (χ1) is 5.77. The molecule has 1 heterocycles. The maximum atomic E-state index is 9.48. The van der Waals surface area contributed by atoms with Crippen molar-refractivity contribution in [2.45, 2.75) is 12.5 Å². The van der Waals surface area contributed by atoms with Gasteiger partial charge in [0.15, 0.2) is 0 Å². The third-order valence-electron chi connectivity index (χ3n) is 1.91. The number of aliphatic hydroxyl groups is 1. The summed E-state index contributed by atoms with van der Waals surface area (Å²) in [6.07, 6.45) is 3.90. The number of hydrogen-bond acceptors (Lipinski definition) is 2. The maximum Gasteiger partial charge on any atom is 0.129 e. The van der Waals surface area contributed by atoms with Crippen LogP contribution in [0.25, 0.3) is 0 Å². The molecule has 0 spiro atoms. The summed E-state index contributed by atoms with van der Waals surface area (Å²) in [7, 11) is 0. The average molecular weight is 182 g/mol. The van der Waals surface area contributed by atoms with Crippen LogP contribution in [0.5, 0.6) is 0 Å².